The molecule has 0 saturated carbocycles. The molecule has 4 nitrogen and oxygen atoms in total. The second kappa shape index (κ2) is 5.05. The van der Waals surface area contributed by atoms with E-state index in [4.69, 9.17) is 0 Å². The molecule has 0 amide bonds. The van der Waals surface area contributed by atoms with Crippen molar-refractivity contribution in [1.29, 1.82) is 0 Å². The molecular weight excluding hydrogens is 260 g/mol. The molecule has 0 saturated heterocycles. The molecule has 0 aliphatic carbocycles. The molecule has 3 heterocycles. The van der Waals surface area contributed by atoms with Crippen LogP contribution in [0.4, 0.5) is 5.69 Å². The Kier molecular flexibility index (Phi) is 2.92. The predicted octanol–water partition coefficient (Wildman–Crippen LogP) is 3.29. The van der Waals surface area contributed by atoms with E-state index >= 15 is 0 Å². The zero-order valence-corrected chi connectivity index (χ0v) is 11.7. The van der Waals surface area contributed by atoms with E-state index in [1.165, 1.54) is 17.7 Å². The summed E-state index contributed by atoms with van der Waals surface area (Å²) in [5, 5.41) is 3.48. The number of benzene rings is 1. The van der Waals surface area contributed by atoms with Crippen LogP contribution in [0.5, 0.6) is 0 Å². The van der Waals surface area contributed by atoms with Crippen LogP contribution in [0.25, 0.3) is 16.9 Å². The number of anilines is 1. The summed E-state index contributed by atoms with van der Waals surface area (Å²) in [7, 11) is 0. The van der Waals surface area contributed by atoms with E-state index in [0.717, 1.165) is 29.9 Å². The molecule has 0 radical (unpaired) electrons. The number of aryl methyl sites for hydroxylation is 1. The minimum atomic E-state index is 1.05. The fourth-order valence-electron chi connectivity index (χ4n) is 2.84. The number of nitrogens with one attached hydrogen (secondary N) is 1. The van der Waals surface area contributed by atoms with Crippen LogP contribution in [0.3, 0.4) is 0 Å². The fourth-order valence-corrected chi connectivity index (χ4v) is 2.84. The lowest BCUT2D eigenvalue weighted by atomic mass is 10.0. The first-order valence-electron chi connectivity index (χ1n) is 7.22. The Labute approximate surface area is 123 Å². The Morgan fingerprint density at radius 2 is 1.95 bits per heavy atom. The number of hydrogen-bond acceptors (Lipinski definition) is 3. The zero-order chi connectivity index (χ0) is 14.1. The van der Waals surface area contributed by atoms with E-state index in [1.54, 1.807) is 12.4 Å². The van der Waals surface area contributed by atoms with E-state index in [0.29, 0.717) is 0 Å². The number of aromatic nitrogens is 3. The van der Waals surface area contributed by atoms with Gasteiger partial charge in [-0.3, -0.25) is 9.55 Å². The second-order valence-corrected chi connectivity index (χ2v) is 5.26. The van der Waals surface area contributed by atoms with Gasteiger partial charge in [0.15, 0.2) is 0 Å². The summed E-state index contributed by atoms with van der Waals surface area (Å²) >= 11 is 0. The van der Waals surface area contributed by atoms with Crippen LogP contribution < -0.4 is 5.32 Å². The summed E-state index contributed by atoms with van der Waals surface area (Å²) in [6, 6.07) is 10.6. The van der Waals surface area contributed by atoms with Gasteiger partial charge in [-0.05, 0) is 42.7 Å². The van der Waals surface area contributed by atoms with Crippen LogP contribution in [0.15, 0.2) is 55.2 Å². The van der Waals surface area contributed by atoms with Crippen LogP contribution in [-0.4, -0.2) is 21.1 Å². The minimum Gasteiger partial charge on any atom is -0.385 e. The monoisotopic (exact) mass is 276 g/mol. The van der Waals surface area contributed by atoms with Crippen molar-refractivity contribution in [3.63, 3.8) is 0 Å². The Balaban J connectivity index is 1.80. The number of hydrogen-bond donors (Lipinski definition) is 1. The van der Waals surface area contributed by atoms with E-state index in [-0.39, 0.29) is 0 Å². The van der Waals surface area contributed by atoms with Crippen molar-refractivity contribution in [2.75, 3.05) is 11.9 Å². The van der Waals surface area contributed by atoms with Gasteiger partial charge in [0, 0.05) is 35.9 Å². The normalized spacial score (nSPS) is 13.5. The van der Waals surface area contributed by atoms with Gasteiger partial charge in [-0.25, -0.2) is 4.98 Å². The number of rotatable bonds is 2. The van der Waals surface area contributed by atoms with Crippen molar-refractivity contribution in [2.45, 2.75) is 12.8 Å². The minimum absolute atomic E-state index is 1.05. The van der Waals surface area contributed by atoms with Crippen LogP contribution in [-0.2, 0) is 6.42 Å². The van der Waals surface area contributed by atoms with Crippen LogP contribution in [0.1, 0.15) is 12.0 Å². The van der Waals surface area contributed by atoms with Gasteiger partial charge >= 0.3 is 0 Å². The lowest BCUT2D eigenvalue weighted by Gasteiger charge is -2.19. The summed E-state index contributed by atoms with van der Waals surface area (Å²) in [4.78, 5) is 8.38. The molecule has 4 heteroatoms. The van der Waals surface area contributed by atoms with Crippen molar-refractivity contribution >= 4 is 5.69 Å². The Morgan fingerprint density at radius 1 is 1.05 bits per heavy atom. The maximum absolute atomic E-state index is 4.31. The Hall–Kier alpha value is -2.62. The molecule has 0 bridgehead atoms. The maximum atomic E-state index is 4.31. The highest BCUT2D eigenvalue weighted by molar-refractivity contribution is 5.64. The Morgan fingerprint density at radius 3 is 2.86 bits per heavy atom. The number of nitrogens with zero attached hydrogens (tertiary/aromatic N) is 3. The molecule has 0 fully saturated rings. The first-order valence-corrected chi connectivity index (χ1v) is 7.22. The average Bonchev–Trinajstić information content (AvgIpc) is 3.05. The molecule has 1 aliphatic heterocycles. The van der Waals surface area contributed by atoms with Crippen molar-refractivity contribution < 1.29 is 0 Å². The molecule has 4 rings (SSSR count). The molecule has 1 N–H and O–H groups in total. The third kappa shape index (κ3) is 2.18. The lowest BCUT2D eigenvalue weighted by molar-refractivity contribution is 0.829. The smallest absolute Gasteiger partial charge is 0.0997 e. The van der Waals surface area contributed by atoms with Gasteiger partial charge in [-0.15, -0.1) is 0 Å². The van der Waals surface area contributed by atoms with E-state index in [9.17, 15) is 0 Å². The molecule has 21 heavy (non-hydrogen) atoms. The van der Waals surface area contributed by atoms with Crippen LogP contribution in [0.2, 0.25) is 0 Å². The predicted molar refractivity (Wildman–Crippen MR) is 83.6 cm³/mol. The number of fused-ring (bicyclic) bond motifs is 1. The highest BCUT2D eigenvalue weighted by Gasteiger charge is 2.11. The lowest BCUT2D eigenvalue weighted by Crippen LogP contribution is -2.12. The van der Waals surface area contributed by atoms with Gasteiger partial charge in [0.2, 0.25) is 0 Å². The maximum Gasteiger partial charge on any atom is 0.0997 e. The van der Waals surface area contributed by atoms with Gasteiger partial charge in [0.25, 0.3) is 0 Å². The summed E-state index contributed by atoms with van der Waals surface area (Å²) in [5.41, 5.74) is 5.97. The number of pyridine rings is 1. The van der Waals surface area contributed by atoms with Crippen LogP contribution >= 0.6 is 0 Å². The van der Waals surface area contributed by atoms with E-state index < -0.39 is 0 Å². The number of imidazole rings is 1. The SMILES string of the molecule is c1cc(-c2cncn2-c2ccc3c(c2)NCCC3)ccn1. The Bertz CT molecular complexity index is 761. The van der Waals surface area contributed by atoms with Crippen LogP contribution in [0, 0.1) is 0 Å². The fraction of sp³-hybridized carbons (Fsp3) is 0.176. The molecule has 3 aromatic rings. The van der Waals surface area contributed by atoms with Gasteiger partial charge < -0.3 is 5.32 Å². The van der Waals surface area contributed by atoms with E-state index in [1.807, 2.05) is 24.7 Å². The molecule has 104 valence electrons. The highest BCUT2D eigenvalue weighted by atomic mass is 15.1. The van der Waals surface area contributed by atoms with E-state index in [2.05, 4.69) is 38.1 Å². The van der Waals surface area contributed by atoms with Gasteiger partial charge in [-0.2, -0.15) is 0 Å². The summed E-state index contributed by atoms with van der Waals surface area (Å²) in [6.07, 6.45) is 9.73. The summed E-state index contributed by atoms with van der Waals surface area (Å²) < 4.78 is 2.12. The second-order valence-electron chi connectivity index (χ2n) is 5.26. The van der Waals surface area contributed by atoms with Gasteiger partial charge in [0.05, 0.1) is 18.2 Å². The quantitative estimate of drug-likeness (QED) is 0.781. The third-order valence-electron chi connectivity index (χ3n) is 3.92. The molecule has 0 atom stereocenters. The summed E-state index contributed by atoms with van der Waals surface area (Å²) in [5.74, 6) is 0. The molecule has 0 unspecified atom stereocenters. The zero-order valence-electron chi connectivity index (χ0n) is 11.7. The molecule has 0 spiro atoms. The van der Waals surface area contributed by atoms with Crippen molar-refractivity contribution in [3.8, 4) is 16.9 Å². The average molecular weight is 276 g/mol. The van der Waals surface area contributed by atoms with Crippen molar-refractivity contribution in [3.05, 3.63) is 60.8 Å². The first-order chi connectivity index (χ1) is 10.4. The largest absolute Gasteiger partial charge is 0.385 e. The standard InChI is InChI=1S/C17H16N4/c1-2-13-3-4-15(10-16(13)20-7-1)21-12-19-11-17(21)14-5-8-18-9-6-14/h3-6,8-12,20H,1-2,7H2. The topological polar surface area (TPSA) is 42.7 Å². The molecular formula is C17H16N4. The van der Waals surface area contributed by atoms with Crippen molar-refractivity contribution in [2.24, 2.45) is 0 Å². The first kappa shape index (κ1) is 12.1. The molecule has 2 aromatic heterocycles. The van der Waals surface area contributed by atoms with Gasteiger partial charge in [0.1, 0.15) is 0 Å². The molecule has 1 aliphatic rings. The third-order valence-corrected chi connectivity index (χ3v) is 3.92. The summed E-state index contributed by atoms with van der Waals surface area (Å²) in [6.45, 7) is 1.05. The highest BCUT2D eigenvalue weighted by Crippen LogP contribution is 2.27. The van der Waals surface area contributed by atoms with Crippen molar-refractivity contribution in [1.82, 2.24) is 14.5 Å². The molecule has 1 aromatic carbocycles. The van der Waals surface area contributed by atoms with Gasteiger partial charge in [-0.1, -0.05) is 6.07 Å².